The maximum atomic E-state index is 14.1. The molecule has 4 N–H and O–H groups in total. The van der Waals surface area contributed by atoms with Gasteiger partial charge in [-0.25, -0.2) is 19.6 Å². The van der Waals surface area contributed by atoms with Crippen LogP contribution in [0.4, 0.5) is 9.59 Å². The van der Waals surface area contributed by atoms with Crippen molar-refractivity contribution in [2.75, 3.05) is 27.9 Å². The molecule has 1 saturated carbocycles. The van der Waals surface area contributed by atoms with Gasteiger partial charge in [-0.05, 0) is 85.1 Å². The number of nitrogens with one attached hydrogen (secondary N) is 4. The summed E-state index contributed by atoms with van der Waals surface area (Å²) in [4.78, 5) is 72.5. The minimum absolute atomic E-state index is 0. The van der Waals surface area contributed by atoms with E-state index >= 15 is 0 Å². The van der Waals surface area contributed by atoms with Crippen LogP contribution in [0.15, 0.2) is 60.8 Å². The minimum atomic E-state index is -0.898. The molecule has 4 amide bonds. The second kappa shape index (κ2) is 17.3. The number of piperidine rings is 1. The van der Waals surface area contributed by atoms with Gasteiger partial charge in [0, 0.05) is 25.1 Å². The molecule has 3 fully saturated rings. The smallest absolute Gasteiger partial charge is 0.407 e. The first-order chi connectivity index (χ1) is 28.5. The fourth-order valence-electron chi connectivity index (χ4n) is 9.35. The summed E-state index contributed by atoms with van der Waals surface area (Å²) in [5, 5.41) is 7.47. The third-order valence-corrected chi connectivity index (χ3v) is 12.5. The summed E-state index contributed by atoms with van der Waals surface area (Å²) >= 11 is 0. The summed E-state index contributed by atoms with van der Waals surface area (Å²) in [6.07, 6.45) is 4.38. The van der Waals surface area contributed by atoms with Gasteiger partial charge in [-0.3, -0.25) is 9.59 Å². The number of benzene rings is 3. The third-order valence-electron chi connectivity index (χ3n) is 12.5. The number of rotatable bonds is 11. The number of aromatic amines is 2. The number of alkyl carbamates (subject to hydrolysis) is 2. The monoisotopic (exact) mass is 820 g/mol. The lowest BCUT2D eigenvalue weighted by molar-refractivity contribution is -0.139. The number of nitrogens with zero attached hydrogens (tertiary/aromatic N) is 4. The quantitative estimate of drug-likeness (QED) is 0.107. The summed E-state index contributed by atoms with van der Waals surface area (Å²) in [6.45, 7) is 6.14. The molecule has 1 aliphatic carbocycles. The number of likely N-dealkylation sites (tertiary alicyclic amines) is 2. The van der Waals surface area contributed by atoms with Gasteiger partial charge >= 0.3 is 12.2 Å². The van der Waals surface area contributed by atoms with Crippen LogP contribution in [0.1, 0.15) is 84.0 Å². The van der Waals surface area contributed by atoms with Gasteiger partial charge < -0.3 is 44.6 Å². The van der Waals surface area contributed by atoms with Crippen molar-refractivity contribution in [2.45, 2.75) is 96.6 Å². The van der Waals surface area contributed by atoms with Crippen LogP contribution in [0.3, 0.4) is 0 Å². The topological polar surface area (TPSA) is 184 Å². The highest BCUT2D eigenvalue weighted by molar-refractivity contribution is 6.05. The van der Waals surface area contributed by atoms with E-state index in [1.807, 2.05) is 18.7 Å². The highest BCUT2D eigenvalue weighted by atomic mass is 16.5. The van der Waals surface area contributed by atoms with Gasteiger partial charge in [0.25, 0.3) is 0 Å². The second-order valence-corrected chi connectivity index (χ2v) is 16.3. The van der Waals surface area contributed by atoms with Crippen LogP contribution in [-0.2, 0) is 23.8 Å². The summed E-state index contributed by atoms with van der Waals surface area (Å²) in [6, 6.07) is 16.9. The number of hydrogen-bond donors (Lipinski definition) is 4. The van der Waals surface area contributed by atoms with Gasteiger partial charge in [0.1, 0.15) is 23.7 Å². The van der Waals surface area contributed by atoms with Crippen molar-refractivity contribution in [1.29, 1.82) is 0 Å². The van der Waals surface area contributed by atoms with Crippen LogP contribution in [0.2, 0.25) is 0 Å². The number of carbonyl (C=O) groups excluding carboxylic acids is 4. The van der Waals surface area contributed by atoms with Crippen molar-refractivity contribution in [3.63, 3.8) is 0 Å². The molecular weight excluding hydrogens is 765 g/mol. The molecule has 60 heavy (non-hydrogen) atoms. The molecular formula is C45H56N8O7. The van der Waals surface area contributed by atoms with Crippen molar-refractivity contribution in [1.82, 2.24) is 40.4 Å². The molecule has 2 aromatic heterocycles. The Labute approximate surface area is 349 Å². The van der Waals surface area contributed by atoms with E-state index in [1.54, 1.807) is 18.0 Å². The normalized spacial score (nSPS) is 21.2. The largest absolute Gasteiger partial charge is 0.453 e. The van der Waals surface area contributed by atoms with E-state index in [0.29, 0.717) is 18.3 Å². The van der Waals surface area contributed by atoms with E-state index in [0.717, 1.165) is 82.1 Å². The van der Waals surface area contributed by atoms with Crippen molar-refractivity contribution in [3.8, 4) is 22.4 Å². The molecule has 3 aromatic carbocycles. The molecule has 4 heterocycles. The molecule has 2 bridgehead atoms. The van der Waals surface area contributed by atoms with Crippen molar-refractivity contribution < 1.29 is 33.4 Å². The predicted molar refractivity (Wildman–Crippen MR) is 228 cm³/mol. The summed E-state index contributed by atoms with van der Waals surface area (Å²) < 4.78 is 15.0. The van der Waals surface area contributed by atoms with Crippen LogP contribution < -0.4 is 10.6 Å². The number of imidazole rings is 2. The Hall–Kier alpha value is -5.96. The standard InChI is InChI=1S/C44H52N8O7.CH4/c1-23(2)35(49-43(55)58-5)42(54)52-30-16-13-29(21-30)38(52)40-46-32-18-15-28-20-27(14-17-31(28)37(32)48-40)25-9-11-26(12-10-25)33-22-45-39(47-33)34-8-7-19-51(34)41(53)36(24(3)57-4)50-44(56)59-6;/h9-12,14-15,17-18,20,22-24,29-30,34-36,38H,7-8,13,16,19,21H2,1-6H3,(H,45,47)(H,46,48)(H,49,55)(H,50,56);1H4/t24-,29+,30-,34+,35+,36?,38+;/m1./s1. The average Bonchev–Trinajstić information content (AvgIpc) is 4.11. The molecule has 2 saturated heterocycles. The highest BCUT2D eigenvalue weighted by Gasteiger charge is 2.51. The molecule has 0 spiro atoms. The van der Waals surface area contributed by atoms with Crippen molar-refractivity contribution >= 4 is 45.8 Å². The maximum absolute atomic E-state index is 14.1. The minimum Gasteiger partial charge on any atom is -0.453 e. The van der Waals surface area contributed by atoms with Gasteiger partial charge in [0.05, 0.1) is 55.3 Å². The zero-order chi connectivity index (χ0) is 41.5. The van der Waals surface area contributed by atoms with Crippen LogP contribution in [-0.4, -0.2) is 106 Å². The van der Waals surface area contributed by atoms with Crippen LogP contribution in [0.25, 0.3) is 44.2 Å². The maximum Gasteiger partial charge on any atom is 0.407 e. The van der Waals surface area contributed by atoms with E-state index < -0.39 is 30.4 Å². The Morgan fingerprint density at radius 3 is 2.20 bits per heavy atom. The van der Waals surface area contributed by atoms with Gasteiger partial charge in [0.2, 0.25) is 11.8 Å². The molecule has 2 aliphatic heterocycles. The summed E-state index contributed by atoms with van der Waals surface area (Å²) in [5.41, 5.74) is 5.70. The van der Waals surface area contributed by atoms with E-state index in [1.165, 1.54) is 21.3 Å². The fourth-order valence-corrected chi connectivity index (χ4v) is 9.35. The van der Waals surface area contributed by atoms with Gasteiger partial charge in [0.15, 0.2) is 0 Å². The van der Waals surface area contributed by atoms with Gasteiger partial charge in [-0.2, -0.15) is 0 Å². The molecule has 318 valence electrons. The van der Waals surface area contributed by atoms with E-state index in [9.17, 15) is 19.2 Å². The SMILES string of the molecule is C.COC(=O)NC(C(=O)N1CCC[C@H]1c1ncc(-c2ccc(-c3ccc4c(ccc5[nH]c([C@@H]6[C@H]7CC[C@H](C7)N6C(=O)[C@@H](NC(=O)OC)C(C)C)nc54)c3)cc2)[nH]1)[C@@H](C)OC. The van der Waals surface area contributed by atoms with E-state index in [4.69, 9.17) is 19.2 Å². The molecule has 15 heteroatoms. The number of aromatic nitrogens is 4. The van der Waals surface area contributed by atoms with Gasteiger partial charge in [-0.1, -0.05) is 63.7 Å². The molecule has 3 aliphatic rings. The van der Waals surface area contributed by atoms with E-state index in [-0.39, 0.29) is 43.3 Å². The number of fused-ring (bicyclic) bond motifs is 5. The van der Waals surface area contributed by atoms with Crippen molar-refractivity contribution in [3.05, 3.63) is 72.4 Å². The van der Waals surface area contributed by atoms with E-state index in [2.05, 4.69) is 80.2 Å². The molecule has 8 rings (SSSR count). The van der Waals surface area contributed by atoms with Crippen LogP contribution >= 0.6 is 0 Å². The summed E-state index contributed by atoms with van der Waals surface area (Å²) in [5.74, 6) is 1.31. The lowest BCUT2D eigenvalue weighted by Gasteiger charge is -2.37. The first-order valence-electron chi connectivity index (χ1n) is 20.4. The third kappa shape index (κ3) is 7.78. The van der Waals surface area contributed by atoms with Crippen molar-refractivity contribution in [2.24, 2.45) is 11.8 Å². The fraction of sp³-hybridized carbons (Fsp3) is 0.467. The highest BCUT2D eigenvalue weighted by Crippen LogP contribution is 2.50. The lowest BCUT2D eigenvalue weighted by atomic mass is 9.95. The Balaban J connectivity index is 0.00000544. The number of methoxy groups -OCH3 is 3. The molecule has 15 nitrogen and oxygen atoms in total. The Bertz CT molecular complexity index is 2370. The molecule has 1 unspecified atom stereocenters. The van der Waals surface area contributed by atoms with Crippen LogP contribution in [0.5, 0.6) is 0 Å². The van der Waals surface area contributed by atoms with Crippen LogP contribution in [0, 0.1) is 11.8 Å². The zero-order valence-electron chi connectivity index (χ0n) is 34.3. The molecule has 0 radical (unpaired) electrons. The Kier molecular flexibility index (Phi) is 12.2. The Morgan fingerprint density at radius 1 is 0.800 bits per heavy atom. The first kappa shape index (κ1) is 42.2. The molecule has 5 aromatic rings. The number of carbonyl (C=O) groups is 4. The zero-order valence-corrected chi connectivity index (χ0v) is 34.3. The number of amides is 4. The Morgan fingerprint density at radius 2 is 1.50 bits per heavy atom. The number of hydrogen-bond acceptors (Lipinski definition) is 9. The number of ether oxygens (including phenoxy) is 3. The second-order valence-electron chi connectivity index (χ2n) is 16.3. The first-order valence-corrected chi connectivity index (χ1v) is 20.4. The molecule has 7 atom stereocenters. The average molecular weight is 821 g/mol. The number of H-pyrrole nitrogens is 2. The predicted octanol–water partition coefficient (Wildman–Crippen LogP) is 7.26. The summed E-state index contributed by atoms with van der Waals surface area (Å²) in [7, 11) is 4.07. The lowest BCUT2D eigenvalue weighted by Crippen LogP contribution is -2.54. The van der Waals surface area contributed by atoms with Gasteiger partial charge in [-0.15, -0.1) is 0 Å².